The zero-order valence-electron chi connectivity index (χ0n) is 13.2. The Morgan fingerprint density at radius 3 is 1.75 bits per heavy atom. The van der Waals surface area contributed by atoms with Gasteiger partial charge in [-0.3, -0.25) is 4.90 Å². The van der Waals surface area contributed by atoms with Gasteiger partial charge in [-0.2, -0.15) is 12.6 Å². The van der Waals surface area contributed by atoms with E-state index in [4.69, 9.17) is 9.47 Å². The number of halogens is 1. The minimum atomic E-state index is -0.766. The average Bonchev–Trinajstić information content (AvgIpc) is 2.12. The van der Waals surface area contributed by atoms with Crippen LogP contribution in [0.25, 0.3) is 0 Å². The van der Waals surface area contributed by atoms with Gasteiger partial charge in [0.2, 0.25) is 0 Å². The van der Waals surface area contributed by atoms with Crippen LogP contribution < -0.4 is 0 Å². The van der Waals surface area contributed by atoms with E-state index in [0.717, 1.165) is 0 Å². The Morgan fingerprint density at radius 1 is 1.05 bits per heavy atom. The van der Waals surface area contributed by atoms with E-state index in [1.54, 1.807) is 41.5 Å². The van der Waals surface area contributed by atoms with Crippen molar-refractivity contribution in [2.45, 2.75) is 58.8 Å². The topological polar surface area (TPSA) is 55.8 Å². The predicted octanol–water partition coefficient (Wildman–Crippen LogP) is 2.92. The van der Waals surface area contributed by atoms with Gasteiger partial charge < -0.3 is 9.47 Å². The van der Waals surface area contributed by atoms with Gasteiger partial charge in [0.15, 0.2) is 0 Å². The Bertz CT molecular complexity index is 336. The highest BCUT2D eigenvalue weighted by Crippen LogP contribution is 2.15. The third kappa shape index (κ3) is 8.53. The number of carbonyl (C=O) groups is 2. The quantitative estimate of drug-likeness (QED) is 0.639. The smallest absolute Gasteiger partial charge is 0.410 e. The lowest BCUT2D eigenvalue weighted by Gasteiger charge is -2.30. The molecule has 0 unspecified atom stereocenters. The summed E-state index contributed by atoms with van der Waals surface area (Å²) in [7, 11) is 1.50. The molecule has 0 aliphatic carbocycles. The SMILES string of the molecule is CN(C(=O)OC(C)(C)C)[C@H](CS)C(=O)OC(C)(C)C.Cl. The van der Waals surface area contributed by atoms with Crippen LogP contribution in [0.15, 0.2) is 0 Å². The fourth-order valence-electron chi connectivity index (χ4n) is 1.19. The Kier molecular flexibility index (Phi) is 8.65. The molecule has 0 aliphatic rings. The van der Waals surface area contributed by atoms with Crippen LogP contribution in [0.2, 0.25) is 0 Å². The molecule has 0 spiro atoms. The maximum absolute atomic E-state index is 12.0. The third-order valence-electron chi connectivity index (χ3n) is 2.00. The van der Waals surface area contributed by atoms with Crippen LogP contribution in [0.3, 0.4) is 0 Å². The summed E-state index contributed by atoms with van der Waals surface area (Å²) in [6, 6.07) is -0.766. The number of esters is 1. The molecule has 20 heavy (non-hydrogen) atoms. The minimum Gasteiger partial charge on any atom is -0.458 e. The maximum atomic E-state index is 12.0. The molecule has 1 atom stereocenters. The van der Waals surface area contributed by atoms with E-state index < -0.39 is 29.3 Å². The van der Waals surface area contributed by atoms with Gasteiger partial charge in [-0.25, -0.2) is 9.59 Å². The highest BCUT2D eigenvalue weighted by Gasteiger charge is 2.32. The largest absolute Gasteiger partial charge is 0.458 e. The van der Waals surface area contributed by atoms with Crippen molar-refractivity contribution in [3.63, 3.8) is 0 Å². The first kappa shape index (κ1) is 21.7. The summed E-state index contributed by atoms with van der Waals surface area (Å²) in [5.41, 5.74) is -1.21. The second-order valence-electron chi connectivity index (χ2n) is 6.32. The number of nitrogens with zero attached hydrogens (tertiary/aromatic N) is 1. The molecule has 0 saturated heterocycles. The first-order valence-electron chi connectivity index (χ1n) is 6.17. The fourth-order valence-corrected chi connectivity index (χ4v) is 1.58. The molecule has 5 nitrogen and oxygen atoms in total. The number of hydrogen-bond acceptors (Lipinski definition) is 5. The zero-order valence-corrected chi connectivity index (χ0v) is 14.9. The maximum Gasteiger partial charge on any atom is 0.410 e. The number of likely N-dealkylation sites (N-methyl/N-ethyl adjacent to an activating group) is 1. The van der Waals surface area contributed by atoms with Crippen LogP contribution >= 0.6 is 25.0 Å². The van der Waals surface area contributed by atoms with Crippen molar-refractivity contribution in [2.24, 2.45) is 0 Å². The summed E-state index contributed by atoms with van der Waals surface area (Å²) < 4.78 is 10.5. The summed E-state index contributed by atoms with van der Waals surface area (Å²) >= 11 is 4.10. The first-order valence-corrected chi connectivity index (χ1v) is 6.80. The van der Waals surface area contributed by atoms with Gasteiger partial charge in [-0.1, -0.05) is 0 Å². The molecule has 0 N–H and O–H groups in total. The van der Waals surface area contributed by atoms with Crippen molar-refractivity contribution in [1.29, 1.82) is 0 Å². The summed E-state index contributed by atoms with van der Waals surface area (Å²) in [4.78, 5) is 25.1. The van der Waals surface area contributed by atoms with E-state index in [-0.39, 0.29) is 18.2 Å². The molecule has 0 saturated carbocycles. The molecular weight excluding hydrogens is 302 g/mol. The molecule has 0 aliphatic heterocycles. The van der Waals surface area contributed by atoms with Gasteiger partial charge in [0.05, 0.1) is 0 Å². The highest BCUT2D eigenvalue weighted by atomic mass is 35.5. The predicted molar refractivity (Wildman–Crippen MR) is 84.7 cm³/mol. The van der Waals surface area contributed by atoms with Crippen molar-refractivity contribution in [2.75, 3.05) is 12.8 Å². The van der Waals surface area contributed by atoms with Crippen molar-refractivity contribution >= 4 is 37.1 Å². The molecule has 0 radical (unpaired) electrons. The first-order chi connectivity index (χ1) is 8.37. The second-order valence-corrected chi connectivity index (χ2v) is 6.69. The monoisotopic (exact) mass is 327 g/mol. The van der Waals surface area contributed by atoms with Crippen LogP contribution in [-0.4, -0.2) is 47.0 Å². The molecule has 0 aromatic rings. The van der Waals surface area contributed by atoms with Crippen molar-refractivity contribution < 1.29 is 19.1 Å². The van der Waals surface area contributed by atoms with Gasteiger partial charge in [-0.05, 0) is 41.5 Å². The molecule has 7 heteroatoms. The highest BCUT2D eigenvalue weighted by molar-refractivity contribution is 7.80. The molecule has 120 valence electrons. The molecule has 0 heterocycles. The molecule has 0 bridgehead atoms. The zero-order chi connectivity index (χ0) is 15.4. The molecule has 0 aromatic heterocycles. The van der Waals surface area contributed by atoms with Gasteiger partial charge in [0.25, 0.3) is 0 Å². The minimum absolute atomic E-state index is 0. The molecular formula is C13H26ClNO4S. The second kappa shape index (κ2) is 7.98. The van der Waals surface area contributed by atoms with E-state index in [9.17, 15) is 9.59 Å². The molecule has 0 fully saturated rings. The summed E-state index contributed by atoms with van der Waals surface area (Å²) in [5, 5.41) is 0. The van der Waals surface area contributed by atoms with Gasteiger partial charge in [-0.15, -0.1) is 12.4 Å². The number of amides is 1. The standard InChI is InChI=1S/C13H25NO4S.ClH/c1-12(2,3)17-10(15)9(8-19)14(7)11(16)18-13(4,5)6;/h9,19H,8H2,1-7H3;1H/t9-;/m1./s1. The third-order valence-corrected chi connectivity index (χ3v) is 2.35. The summed E-state index contributed by atoms with van der Waals surface area (Å²) in [6.07, 6.45) is -0.572. The van der Waals surface area contributed by atoms with Crippen LogP contribution in [0.5, 0.6) is 0 Å². The fraction of sp³-hybridized carbons (Fsp3) is 0.846. The Hall–Kier alpha value is -0.620. The number of hydrogen-bond donors (Lipinski definition) is 1. The normalized spacial score (nSPS) is 13.0. The van der Waals surface area contributed by atoms with E-state index in [0.29, 0.717) is 0 Å². The number of ether oxygens (including phenoxy) is 2. The summed E-state index contributed by atoms with van der Waals surface area (Å²) in [6.45, 7) is 10.6. The average molecular weight is 328 g/mol. The Balaban J connectivity index is 0. The number of rotatable bonds is 3. The Labute approximate surface area is 133 Å². The van der Waals surface area contributed by atoms with Crippen LogP contribution in [0.4, 0.5) is 4.79 Å². The van der Waals surface area contributed by atoms with Crippen molar-refractivity contribution in [3.05, 3.63) is 0 Å². The van der Waals surface area contributed by atoms with E-state index >= 15 is 0 Å². The van der Waals surface area contributed by atoms with Gasteiger partial charge in [0.1, 0.15) is 17.2 Å². The van der Waals surface area contributed by atoms with E-state index in [1.165, 1.54) is 11.9 Å². The Morgan fingerprint density at radius 2 is 1.45 bits per heavy atom. The molecule has 1 amide bonds. The van der Waals surface area contributed by atoms with Crippen molar-refractivity contribution in [3.8, 4) is 0 Å². The number of carbonyl (C=O) groups excluding carboxylic acids is 2. The lowest BCUT2D eigenvalue weighted by Crippen LogP contribution is -2.48. The lowest BCUT2D eigenvalue weighted by molar-refractivity contribution is -0.159. The molecule has 0 rings (SSSR count). The lowest BCUT2D eigenvalue weighted by atomic mass is 10.2. The van der Waals surface area contributed by atoms with E-state index in [1.807, 2.05) is 0 Å². The van der Waals surface area contributed by atoms with Crippen molar-refractivity contribution in [1.82, 2.24) is 4.90 Å². The van der Waals surface area contributed by atoms with Crippen LogP contribution in [0, 0.1) is 0 Å². The van der Waals surface area contributed by atoms with Gasteiger partial charge >= 0.3 is 12.1 Å². The number of thiol groups is 1. The molecule has 0 aromatic carbocycles. The van der Waals surface area contributed by atoms with Gasteiger partial charge in [0, 0.05) is 12.8 Å². The van der Waals surface area contributed by atoms with Crippen LogP contribution in [-0.2, 0) is 14.3 Å². The van der Waals surface area contributed by atoms with Crippen LogP contribution in [0.1, 0.15) is 41.5 Å². The summed E-state index contributed by atoms with van der Waals surface area (Å²) in [5.74, 6) is -0.319. The van der Waals surface area contributed by atoms with E-state index in [2.05, 4.69) is 12.6 Å².